The number of nitrogen functional groups attached to an aromatic ring is 1. The minimum atomic E-state index is -0.214. The zero-order valence-corrected chi connectivity index (χ0v) is 15.8. The van der Waals surface area contributed by atoms with E-state index in [4.69, 9.17) is 5.73 Å². The van der Waals surface area contributed by atoms with E-state index in [0.717, 1.165) is 46.9 Å². The first kappa shape index (κ1) is 18.3. The Morgan fingerprint density at radius 3 is 2.62 bits per heavy atom. The summed E-state index contributed by atoms with van der Waals surface area (Å²) in [6.07, 6.45) is 1.84. The number of nitrogens with zero attached hydrogens (tertiary/aromatic N) is 1. The average molecular weight is 369 g/mol. The van der Waals surface area contributed by atoms with E-state index in [9.17, 15) is 9.59 Å². The summed E-state index contributed by atoms with van der Waals surface area (Å²) in [5.41, 5.74) is 9.60. The number of nitrogens with one attached hydrogen (secondary N) is 1. The minimum Gasteiger partial charge on any atom is -0.398 e. The first-order valence-corrected chi connectivity index (χ1v) is 9.56. The van der Waals surface area contributed by atoms with Gasteiger partial charge in [-0.25, -0.2) is 0 Å². The van der Waals surface area contributed by atoms with E-state index in [1.54, 1.807) is 0 Å². The number of amides is 2. The molecule has 26 heavy (non-hydrogen) atoms. The van der Waals surface area contributed by atoms with Gasteiger partial charge >= 0.3 is 0 Å². The number of hydrogen-bond donors (Lipinski definition) is 2. The standard InChI is InChI=1S/C20H23N3O2S/c1-13(26-16-10-8-15(9-11-16)22-14(2)24)20(25)23-12-4-5-17-18(21)6-3-7-19(17)23/h3,6-11,13H,4-5,12,21H2,1-2H3,(H,22,24). The van der Waals surface area contributed by atoms with Gasteiger partial charge in [-0.3, -0.25) is 9.59 Å². The number of hydrogen-bond acceptors (Lipinski definition) is 4. The van der Waals surface area contributed by atoms with Crippen LogP contribution in [-0.2, 0) is 16.0 Å². The summed E-state index contributed by atoms with van der Waals surface area (Å²) < 4.78 is 0. The number of carbonyl (C=O) groups excluding carboxylic acids is 2. The molecule has 2 amide bonds. The Labute approximate surface area is 157 Å². The van der Waals surface area contributed by atoms with Crippen LogP contribution in [0.1, 0.15) is 25.8 Å². The Morgan fingerprint density at radius 1 is 1.19 bits per heavy atom. The number of carbonyl (C=O) groups is 2. The topological polar surface area (TPSA) is 75.4 Å². The third kappa shape index (κ3) is 4.02. The van der Waals surface area contributed by atoms with Crippen LogP contribution in [0.4, 0.5) is 17.1 Å². The fraction of sp³-hybridized carbons (Fsp3) is 0.300. The molecule has 0 radical (unpaired) electrons. The number of rotatable bonds is 4. The second-order valence-electron chi connectivity index (χ2n) is 6.40. The lowest BCUT2D eigenvalue weighted by Gasteiger charge is -2.32. The lowest BCUT2D eigenvalue weighted by atomic mass is 9.99. The normalized spacial score (nSPS) is 14.5. The molecule has 0 saturated carbocycles. The molecule has 1 heterocycles. The van der Waals surface area contributed by atoms with Gasteiger partial charge in [-0.15, -0.1) is 11.8 Å². The van der Waals surface area contributed by atoms with Gasteiger partial charge in [0.25, 0.3) is 0 Å². The van der Waals surface area contributed by atoms with Crippen LogP contribution in [0.25, 0.3) is 0 Å². The zero-order chi connectivity index (χ0) is 18.7. The summed E-state index contributed by atoms with van der Waals surface area (Å²) in [5, 5.41) is 2.53. The molecule has 2 aromatic rings. The van der Waals surface area contributed by atoms with Crippen LogP contribution in [0.2, 0.25) is 0 Å². The maximum Gasteiger partial charge on any atom is 0.240 e. The van der Waals surface area contributed by atoms with Crippen LogP contribution in [0, 0.1) is 0 Å². The highest BCUT2D eigenvalue weighted by molar-refractivity contribution is 8.00. The van der Waals surface area contributed by atoms with Gasteiger partial charge in [0, 0.05) is 35.4 Å². The molecule has 1 unspecified atom stereocenters. The molecule has 6 heteroatoms. The van der Waals surface area contributed by atoms with Crippen molar-refractivity contribution in [3.63, 3.8) is 0 Å². The molecule has 5 nitrogen and oxygen atoms in total. The Balaban J connectivity index is 1.71. The largest absolute Gasteiger partial charge is 0.398 e. The van der Waals surface area contributed by atoms with Gasteiger partial charge in [-0.05, 0) is 61.7 Å². The molecule has 0 aromatic heterocycles. The van der Waals surface area contributed by atoms with E-state index in [0.29, 0.717) is 0 Å². The maximum atomic E-state index is 13.0. The fourth-order valence-corrected chi connectivity index (χ4v) is 4.10. The Morgan fingerprint density at radius 2 is 1.92 bits per heavy atom. The molecule has 0 aliphatic carbocycles. The fourth-order valence-electron chi connectivity index (χ4n) is 3.17. The van der Waals surface area contributed by atoms with Crippen molar-refractivity contribution in [1.29, 1.82) is 0 Å². The summed E-state index contributed by atoms with van der Waals surface area (Å²) in [6.45, 7) is 4.13. The highest BCUT2D eigenvalue weighted by atomic mass is 32.2. The third-order valence-corrected chi connectivity index (χ3v) is 5.49. The van der Waals surface area contributed by atoms with Crippen LogP contribution in [-0.4, -0.2) is 23.6 Å². The average Bonchev–Trinajstić information content (AvgIpc) is 2.62. The van der Waals surface area contributed by atoms with Crippen LogP contribution >= 0.6 is 11.8 Å². The van der Waals surface area contributed by atoms with Gasteiger partial charge in [0.05, 0.1) is 5.25 Å². The predicted molar refractivity (Wildman–Crippen MR) is 108 cm³/mol. The second kappa shape index (κ2) is 7.83. The van der Waals surface area contributed by atoms with Crippen molar-refractivity contribution in [3.05, 3.63) is 48.0 Å². The van der Waals surface area contributed by atoms with E-state index >= 15 is 0 Å². The highest BCUT2D eigenvalue weighted by Crippen LogP contribution is 2.34. The number of benzene rings is 2. The third-order valence-electron chi connectivity index (χ3n) is 4.39. The van der Waals surface area contributed by atoms with Crippen molar-refractivity contribution in [2.45, 2.75) is 36.8 Å². The number of fused-ring (bicyclic) bond motifs is 1. The minimum absolute atomic E-state index is 0.0903. The van der Waals surface area contributed by atoms with Crippen molar-refractivity contribution in [1.82, 2.24) is 0 Å². The van der Waals surface area contributed by atoms with Gasteiger partial charge in [0.15, 0.2) is 0 Å². The van der Waals surface area contributed by atoms with Crippen molar-refractivity contribution in [3.8, 4) is 0 Å². The van der Waals surface area contributed by atoms with Gasteiger partial charge in [-0.1, -0.05) is 6.07 Å². The van der Waals surface area contributed by atoms with E-state index in [-0.39, 0.29) is 17.1 Å². The first-order valence-electron chi connectivity index (χ1n) is 8.69. The molecule has 0 spiro atoms. The van der Waals surface area contributed by atoms with E-state index in [2.05, 4.69) is 5.32 Å². The lowest BCUT2D eigenvalue weighted by Crippen LogP contribution is -2.40. The van der Waals surface area contributed by atoms with Crippen LogP contribution in [0.15, 0.2) is 47.4 Å². The van der Waals surface area contributed by atoms with Crippen LogP contribution in [0.5, 0.6) is 0 Å². The number of thioether (sulfide) groups is 1. The number of anilines is 3. The molecule has 136 valence electrons. The van der Waals surface area contributed by atoms with Gasteiger partial charge in [0.2, 0.25) is 11.8 Å². The molecule has 2 aromatic carbocycles. The monoisotopic (exact) mass is 369 g/mol. The Hall–Kier alpha value is -2.47. The highest BCUT2D eigenvalue weighted by Gasteiger charge is 2.27. The molecular weight excluding hydrogens is 346 g/mol. The van der Waals surface area contributed by atoms with Crippen molar-refractivity contribution in [2.75, 3.05) is 22.5 Å². The molecule has 0 bridgehead atoms. The van der Waals surface area contributed by atoms with E-state index in [1.165, 1.54) is 18.7 Å². The maximum absolute atomic E-state index is 13.0. The summed E-state index contributed by atoms with van der Waals surface area (Å²) in [7, 11) is 0. The lowest BCUT2D eigenvalue weighted by molar-refractivity contribution is -0.118. The van der Waals surface area contributed by atoms with Crippen molar-refractivity contribution in [2.24, 2.45) is 0 Å². The molecule has 1 aliphatic rings. The van der Waals surface area contributed by atoms with Crippen LogP contribution in [0.3, 0.4) is 0 Å². The summed E-state index contributed by atoms with van der Waals surface area (Å²) in [4.78, 5) is 26.9. The predicted octanol–water partition coefficient (Wildman–Crippen LogP) is 3.69. The molecule has 0 saturated heterocycles. The SMILES string of the molecule is CC(=O)Nc1ccc(SC(C)C(=O)N2CCCc3c(N)cccc32)cc1. The molecule has 1 atom stereocenters. The van der Waals surface area contributed by atoms with Crippen LogP contribution < -0.4 is 16.0 Å². The quantitative estimate of drug-likeness (QED) is 0.637. The Kier molecular flexibility index (Phi) is 5.52. The van der Waals surface area contributed by atoms with Crippen molar-refractivity contribution < 1.29 is 9.59 Å². The van der Waals surface area contributed by atoms with Gasteiger partial charge < -0.3 is 16.0 Å². The van der Waals surface area contributed by atoms with Gasteiger partial charge in [0.1, 0.15) is 0 Å². The Bertz CT molecular complexity index is 820. The van der Waals surface area contributed by atoms with E-state index in [1.807, 2.05) is 54.3 Å². The summed E-state index contributed by atoms with van der Waals surface area (Å²) in [6, 6.07) is 13.3. The molecule has 3 N–H and O–H groups in total. The second-order valence-corrected chi connectivity index (χ2v) is 7.82. The first-order chi connectivity index (χ1) is 12.5. The smallest absolute Gasteiger partial charge is 0.240 e. The molecular formula is C20H23N3O2S. The number of nitrogens with two attached hydrogens (primary N) is 1. The molecule has 1 aliphatic heterocycles. The summed E-state index contributed by atoms with van der Waals surface area (Å²) in [5.74, 6) is -0.00975. The zero-order valence-electron chi connectivity index (χ0n) is 15.0. The van der Waals surface area contributed by atoms with E-state index < -0.39 is 0 Å². The summed E-state index contributed by atoms with van der Waals surface area (Å²) >= 11 is 1.52. The molecule has 3 rings (SSSR count). The molecule has 0 fully saturated rings. The van der Waals surface area contributed by atoms with Gasteiger partial charge in [-0.2, -0.15) is 0 Å². The van der Waals surface area contributed by atoms with Crippen molar-refractivity contribution >= 4 is 40.6 Å².